The predicted molar refractivity (Wildman–Crippen MR) is 121 cm³/mol. The van der Waals surface area contributed by atoms with Crippen molar-refractivity contribution in [2.45, 2.75) is 84.0 Å². The molecule has 0 fully saturated rings. The van der Waals surface area contributed by atoms with E-state index in [9.17, 15) is 9.59 Å². The Bertz CT molecular complexity index is 441. The highest BCUT2D eigenvalue weighted by atomic mass is 16.4. The van der Waals surface area contributed by atoms with Crippen molar-refractivity contribution in [3.63, 3.8) is 0 Å². The van der Waals surface area contributed by atoms with E-state index >= 15 is 0 Å². The fourth-order valence-corrected chi connectivity index (χ4v) is 3.17. The maximum Gasteiger partial charge on any atom is 0.319 e. The lowest BCUT2D eigenvalue weighted by Gasteiger charge is -2.24. The third-order valence-corrected chi connectivity index (χ3v) is 5.03. The zero-order valence-electron chi connectivity index (χ0n) is 19.1. The number of carbonyl (C=O) groups is 2. The summed E-state index contributed by atoms with van der Waals surface area (Å²) >= 11 is 0. The molecule has 29 heavy (non-hydrogen) atoms. The van der Waals surface area contributed by atoms with Crippen LogP contribution in [0, 0.1) is 0 Å². The number of nitrogens with zero attached hydrogens (tertiary/aromatic N) is 2. The molecular formula is C23H45N3O3. The van der Waals surface area contributed by atoms with Gasteiger partial charge in [-0.1, -0.05) is 51.2 Å². The molecule has 2 amide bonds. The number of rotatable bonds is 19. The number of unbranched alkanes of at least 4 members (excludes halogenated alkanes) is 9. The fraction of sp³-hybridized carbons (Fsp3) is 0.826. The molecule has 2 N–H and O–H groups in total. The SMILES string of the molecule is CCCCCN(C)C(=O)N(C)CCCC/C=C\CCCCCCCNCC(=O)O. The van der Waals surface area contributed by atoms with Gasteiger partial charge >= 0.3 is 12.0 Å². The topological polar surface area (TPSA) is 72.9 Å². The van der Waals surface area contributed by atoms with Crippen molar-refractivity contribution in [3.8, 4) is 0 Å². The third kappa shape index (κ3) is 18.2. The van der Waals surface area contributed by atoms with E-state index in [0.29, 0.717) is 0 Å². The van der Waals surface area contributed by atoms with Crippen LogP contribution >= 0.6 is 0 Å². The van der Waals surface area contributed by atoms with E-state index in [-0.39, 0.29) is 12.6 Å². The monoisotopic (exact) mass is 411 g/mol. The van der Waals surface area contributed by atoms with Gasteiger partial charge in [0.2, 0.25) is 0 Å². The lowest BCUT2D eigenvalue weighted by molar-refractivity contribution is -0.135. The number of urea groups is 1. The molecule has 0 saturated heterocycles. The van der Waals surface area contributed by atoms with Crippen LogP contribution in [0.3, 0.4) is 0 Å². The van der Waals surface area contributed by atoms with E-state index in [1.807, 2.05) is 23.9 Å². The molecule has 0 aliphatic carbocycles. The van der Waals surface area contributed by atoms with Crippen molar-refractivity contribution < 1.29 is 14.7 Å². The van der Waals surface area contributed by atoms with Crippen molar-refractivity contribution in [1.29, 1.82) is 0 Å². The maximum absolute atomic E-state index is 12.2. The van der Waals surface area contributed by atoms with Crippen molar-refractivity contribution in [3.05, 3.63) is 12.2 Å². The van der Waals surface area contributed by atoms with Crippen LogP contribution in [0.25, 0.3) is 0 Å². The highest BCUT2D eigenvalue weighted by Crippen LogP contribution is 2.07. The molecule has 0 rings (SSSR count). The van der Waals surface area contributed by atoms with Crippen LogP contribution < -0.4 is 5.32 Å². The first-order valence-electron chi connectivity index (χ1n) is 11.5. The van der Waals surface area contributed by atoms with Crippen molar-refractivity contribution in [2.75, 3.05) is 40.3 Å². The highest BCUT2D eigenvalue weighted by molar-refractivity contribution is 5.73. The summed E-state index contributed by atoms with van der Waals surface area (Å²) in [5, 5.41) is 11.4. The van der Waals surface area contributed by atoms with E-state index in [4.69, 9.17) is 5.11 Å². The van der Waals surface area contributed by atoms with Gasteiger partial charge in [0.1, 0.15) is 0 Å². The van der Waals surface area contributed by atoms with Crippen LogP contribution in [0.15, 0.2) is 12.2 Å². The van der Waals surface area contributed by atoms with Gasteiger partial charge in [-0.3, -0.25) is 4.79 Å². The van der Waals surface area contributed by atoms with E-state index in [2.05, 4.69) is 24.4 Å². The highest BCUT2D eigenvalue weighted by Gasteiger charge is 2.12. The van der Waals surface area contributed by atoms with E-state index in [1.54, 1.807) is 0 Å². The second-order valence-corrected chi connectivity index (χ2v) is 7.93. The second kappa shape index (κ2) is 19.7. The summed E-state index contributed by atoms with van der Waals surface area (Å²) in [5.74, 6) is -0.789. The summed E-state index contributed by atoms with van der Waals surface area (Å²) in [6, 6.07) is 0.134. The number of hydrogen-bond acceptors (Lipinski definition) is 3. The van der Waals surface area contributed by atoms with E-state index in [0.717, 1.165) is 64.6 Å². The molecule has 0 spiro atoms. The first-order chi connectivity index (χ1) is 14.0. The number of nitrogens with one attached hydrogen (secondary N) is 1. The Hall–Kier alpha value is -1.56. The Morgan fingerprint density at radius 1 is 0.793 bits per heavy atom. The van der Waals surface area contributed by atoms with Gasteiger partial charge in [-0.05, 0) is 51.5 Å². The molecule has 170 valence electrons. The lowest BCUT2D eigenvalue weighted by Crippen LogP contribution is -2.39. The number of aliphatic carboxylic acids is 1. The molecule has 0 heterocycles. The van der Waals surface area contributed by atoms with Gasteiger partial charge in [0, 0.05) is 27.2 Å². The zero-order valence-corrected chi connectivity index (χ0v) is 19.1. The van der Waals surface area contributed by atoms with Gasteiger partial charge in [0.05, 0.1) is 6.54 Å². The lowest BCUT2D eigenvalue weighted by atomic mass is 10.1. The number of hydrogen-bond donors (Lipinski definition) is 2. The van der Waals surface area contributed by atoms with Crippen molar-refractivity contribution in [2.24, 2.45) is 0 Å². The number of carboxylic acid groups (broad SMARTS) is 1. The molecule has 0 radical (unpaired) electrons. The summed E-state index contributed by atoms with van der Waals surface area (Å²) < 4.78 is 0. The molecule has 6 heteroatoms. The normalized spacial score (nSPS) is 11.1. The van der Waals surface area contributed by atoms with Gasteiger partial charge in [-0.2, -0.15) is 0 Å². The van der Waals surface area contributed by atoms with Crippen LogP contribution in [0.4, 0.5) is 4.79 Å². The number of carboxylic acids is 1. The van der Waals surface area contributed by atoms with Crippen LogP contribution in [0.2, 0.25) is 0 Å². The standard InChI is InChI=1S/C23H45N3O3/c1-4-5-16-19-25(2)23(29)26(3)20-17-14-12-10-8-6-7-9-11-13-15-18-24-21-22(27)28/h8,10,24H,4-7,9,11-21H2,1-3H3,(H,27,28)/b10-8-. The smallest absolute Gasteiger partial charge is 0.319 e. The van der Waals surface area contributed by atoms with Gasteiger partial charge < -0.3 is 20.2 Å². The van der Waals surface area contributed by atoms with Crippen molar-refractivity contribution in [1.82, 2.24) is 15.1 Å². The Morgan fingerprint density at radius 2 is 1.31 bits per heavy atom. The summed E-state index contributed by atoms with van der Waals surface area (Å²) in [4.78, 5) is 26.3. The second-order valence-electron chi connectivity index (χ2n) is 7.93. The molecule has 0 aliphatic rings. The summed E-state index contributed by atoms with van der Waals surface area (Å²) in [5.41, 5.74) is 0. The quantitative estimate of drug-likeness (QED) is 0.234. The molecular weight excluding hydrogens is 366 g/mol. The maximum atomic E-state index is 12.2. The van der Waals surface area contributed by atoms with Crippen LogP contribution in [-0.4, -0.2) is 67.2 Å². The molecule has 0 unspecified atom stereocenters. The van der Waals surface area contributed by atoms with Gasteiger partial charge in [-0.25, -0.2) is 4.79 Å². The molecule has 0 aliphatic heterocycles. The summed E-state index contributed by atoms with van der Waals surface area (Å²) in [6.45, 7) is 4.71. The summed E-state index contributed by atoms with van der Waals surface area (Å²) in [7, 11) is 3.80. The summed E-state index contributed by atoms with van der Waals surface area (Å²) in [6.07, 6.45) is 18.3. The van der Waals surface area contributed by atoms with Gasteiger partial charge in [0.15, 0.2) is 0 Å². The largest absolute Gasteiger partial charge is 0.480 e. The zero-order chi connectivity index (χ0) is 21.7. The molecule has 0 aromatic heterocycles. The molecule has 0 aromatic rings. The van der Waals surface area contributed by atoms with Crippen LogP contribution in [0.1, 0.15) is 84.0 Å². The minimum Gasteiger partial charge on any atom is -0.480 e. The van der Waals surface area contributed by atoms with Crippen LogP contribution in [0.5, 0.6) is 0 Å². The Kier molecular flexibility index (Phi) is 18.7. The Labute approximate surface area is 178 Å². The van der Waals surface area contributed by atoms with Gasteiger partial charge in [-0.15, -0.1) is 0 Å². The predicted octanol–water partition coefficient (Wildman–Crippen LogP) is 4.90. The van der Waals surface area contributed by atoms with Crippen LogP contribution in [-0.2, 0) is 4.79 Å². The Morgan fingerprint density at radius 3 is 1.90 bits per heavy atom. The first kappa shape index (κ1) is 27.4. The minimum absolute atomic E-state index is 0.0630. The number of allylic oxidation sites excluding steroid dienone is 2. The molecule has 0 atom stereocenters. The van der Waals surface area contributed by atoms with E-state index in [1.165, 1.54) is 32.1 Å². The van der Waals surface area contributed by atoms with Gasteiger partial charge in [0.25, 0.3) is 0 Å². The third-order valence-electron chi connectivity index (χ3n) is 5.03. The van der Waals surface area contributed by atoms with Crippen molar-refractivity contribution >= 4 is 12.0 Å². The fourth-order valence-electron chi connectivity index (χ4n) is 3.17. The molecule has 0 aromatic carbocycles. The average molecular weight is 412 g/mol. The first-order valence-corrected chi connectivity index (χ1v) is 11.5. The minimum atomic E-state index is -0.789. The molecule has 6 nitrogen and oxygen atoms in total. The number of carbonyl (C=O) groups excluding carboxylic acids is 1. The van der Waals surface area contributed by atoms with E-state index < -0.39 is 5.97 Å². The molecule has 0 bridgehead atoms. The molecule has 0 saturated carbocycles. The Balaban J connectivity index is 3.46. The average Bonchev–Trinajstić information content (AvgIpc) is 2.69. The number of amides is 2.